The number of rotatable bonds is 5. The van der Waals surface area contributed by atoms with Gasteiger partial charge in [-0.2, -0.15) is 0 Å². The van der Waals surface area contributed by atoms with E-state index in [1.807, 2.05) is 0 Å². The summed E-state index contributed by atoms with van der Waals surface area (Å²) < 4.78 is 0. The average molecular weight is 232 g/mol. The molecule has 0 bridgehead atoms. The van der Waals surface area contributed by atoms with Crippen molar-refractivity contribution in [3.05, 3.63) is 0 Å². The summed E-state index contributed by atoms with van der Waals surface area (Å²) in [6, 6.07) is 0.332. The first kappa shape index (κ1) is 12.8. The molecular formula is C12H22ClNO. The molecule has 0 aromatic rings. The van der Waals surface area contributed by atoms with Crippen LogP contribution in [0.4, 0.5) is 0 Å². The lowest BCUT2D eigenvalue weighted by Gasteiger charge is -2.19. The first-order chi connectivity index (χ1) is 7.17. The minimum Gasteiger partial charge on any atom is -0.353 e. The number of hydrogen-bond acceptors (Lipinski definition) is 1. The van der Waals surface area contributed by atoms with Crippen molar-refractivity contribution in [1.82, 2.24) is 5.32 Å². The van der Waals surface area contributed by atoms with E-state index in [4.69, 9.17) is 11.6 Å². The van der Waals surface area contributed by atoms with Crippen LogP contribution in [0.2, 0.25) is 0 Å². The van der Waals surface area contributed by atoms with Gasteiger partial charge in [0.1, 0.15) is 0 Å². The van der Waals surface area contributed by atoms with Crippen LogP contribution < -0.4 is 5.32 Å². The molecule has 1 N–H and O–H groups in total. The Kier molecular flexibility index (Phi) is 5.44. The molecule has 3 atom stereocenters. The third-order valence-electron chi connectivity index (χ3n) is 3.43. The highest BCUT2D eigenvalue weighted by Crippen LogP contribution is 2.26. The zero-order valence-electron chi connectivity index (χ0n) is 9.76. The maximum atomic E-state index is 11.7. The number of amides is 1. The number of nitrogens with one attached hydrogen (secondary N) is 1. The van der Waals surface area contributed by atoms with Crippen LogP contribution in [0.3, 0.4) is 0 Å². The molecule has 0 spiro atoms. The molecule has 88 valence electrons. The molecule has 1 aliphatic rings. The SMILES string of the molecule is CCC(C)CC(=O)NC1CCCC1CCl. The third kappa shape index (κ3) is 4.02. The Morgan fingerprint density at radius 3 is 2.87 bits per heavy atom. The normalized spacial score (nSPS) is 27.7. The molecule has 0 heterocycles. The predicted octanol–water partition coefficient (Wildman–Crippen LogP) is 2.95. The van der Waals surface area contributed by atoms with Gasteiger partial charge in [-0.15, -0.1) is 11.6 Å². The van der Waals surface area contributed by atoms with Crippen LogP contribution >= 0.6 is 11.6 Å². The highest BCUT2D eigenvalue weighted by molar-refractivity contribution is 6.18. The monoisotopic (exact) mass is 231 g/mol. The molecule has 1 amide bonds. The van der Waals surface area contributed by atoms with Crippen molar-refractivity contribution < 1.29 is 4.79 Å². The fourth-order valence-electron chi connectivity index (χ4n) is 2.14. The van der Waals surface area contributed by atoms with Gasteiger partial charge < -0.3 is 5.32 Å². The molecule has 15 heavy (non-hydrogen) atoms. The number of halogens is 1. The molecule has 0 saturated heterocycles. The van der Waals surface area contributed by atoms with Crippen LogP contribution in [-0.4, -0.2) is 17.8 Å². The Balaban J connectivity index is 2.30. The van der Waals surface area contributed by atoms with Crippen molar-refractivity contribution >= 4 is 17.5 Å². The van der Waals surface area contributed by atoms with Gasteiger partial charge in [-0.05, 0) is 24.7 Å². The topological polar surface area (TPSA) is 29.1 Å². The summed E-state index contributed by atoms with van der Waals surface area (Å²) >= 11 is 5.87. The quantitative estimate of drug-likeness (QED) is 0.725. The van der Waals surface area contributed by atoms with Crippen molar-refractivity contribution in [2.45, 2.75) is 52.0 Å². The zero-order valence-corrected chi connectivity index (χ0v) is 10.5. The maximum Gasteiger partial charge on any atom is 0.220 e. The predicted molar refractivity (Wildman–Crippen MR) is 64.1 cm³/mol. The van der Waals surface area contributed by atoms with Crippen LogP contribution in [0.1, 0.15) is 46.0 Å². The van der Waals surface area contributed by atoms with Crippen LogP contribution in [0.25, 0.3) is 0 Å². The fourth-order valence-corrected chi connectivity index (χ4v) is 2.51. The van der Waals surface area contributed by atoms with Gasteiger partial charge in [-0.3, -0.25) is 4.79 Å². The van der Waals surface area contributed by atoms with E-state index in [1.54, 1.807) is 0 Å². The van der Waals surface area contributed by atoms with Crippen molar-refractivity contribution in [2.24, 2.45) is 11.8 Å². The number of carbonyl (C=O) groups excluding carboxylic acids is 1. The lowest BCUT2D eigenvalue weighted by atomic mass is 10.0. The van der Waals surface area contributed by atoms with E-state index in [2.05, 4.69) is 19.2 Å². The summed E-state index contributed by atoms with van der Waals surface area (Å²) in [6.45, 7) is 4.24. The molecule has 0 radical (unpaired) electrons. The van der Waals surface area contributed by atoms with Gasteiger partial charge >= 0.3 is 0 Å². The van der Waals surface area contributed by atoms with Gasteiger partial charge in [0, 0.05) is 18.3 Å². The Morgan fingerprint density at radius 1 is 1.53 bits per heavy atom. The van der Waals surface area contributed by atoms with E-state index in [0.29, 0.717) is 30.2 Å². The average Bonchev–Trinajstić information content (AvgIpc) is 2.64. The highest BCUT2D eigenvalue weighted by Gasteiger charge is 2.27. The second-order valence-corrected chi connectivity index (χ2v) is 5.05. The second kappa shape index (κ2) is 6.37. The molecular weight excluding hydrogens is 210 g/mol. The van der Waals surface area contributed by atoms with E-state index in [9.17, 15) is 4.79 Å². The number of hydrogen-bond donors (Lipinski definition) is 1. The van der Waals surface area contributed by atoms with E-state index in [1.165, 1.54) is 6.42 Å². The molecule has 1 rings (SSSR count). The van der Waals surface area contributed by atoms with Gasteiger partial charge in [0.2, 0.25) is 5.91 Å². The smallest absolute Gasteiger partial charge is 0.220 e. The molecule has 3 unspecified atom stereocenters. The molecule has 2 nitrogen and oxygen atoms in total. The molecule has 3 heteroatoms. The molecule has 1 saturated carbocycles. The van der Waals surface area contributed by atoms with Crippen LogP contribution in [-0.2, 0) is 4.79 Å². The van der Waals surface area contributed by atoms with E-state index in [-0.39, 0.29) is 5.91 Å². The summed E-state index contributed by atoms with van der Waals surface area (Å²) in [7, 11) is 0. The molecule has 0 aliphatic heterocycles. The minimum absolute atomic E-state index is 0.200. The summed E-state index contributed by atoms with van der Waals surface area (Å²) in [5.41, 5.74) is 0. The third-order valence-corrected chi connectivity index (χ3v) is 3.83. The largest absolute Gasteiger partial charge is 0.353 e. The Morgan fingerprint density at radius 2 is 2.27 bits per heavy atom. The van der Waals surface area contributed by atoms with Gasteiger partial charge in [-0.1, -0.05) is 26.7 Å². The second-order valence-electron chi connectivity index (χ2n) is 4.74. The standard InChI is InChI=1S/C12H22ClNO/c1-3-9(2)7-12(15)14-11-6-4-5-10(11)8-13/h9-11H,3-8H2,1-2H3,(H,14,15). The molecule has 0 aromatic heterocycles. The molecule has 1 aliphatic carbocycles. The summed E-state index contributed by atoms with van der Waals surface area (Å²) in [6.07, 6.45) is 5.19. The Hall–Kier alpha value is -0.240. The summed E-state index contributed by atoms with van der Waals surface area (Å²) in [5.74, 6) is 1.86. The van der Waals surface area contributed by atoms with Crippen LogP contribution in [0.5, 0.6) is 0 Å². The lowest BCUT2D eigenvalue weighted by molar-refractivity contribution is -0.122. The molecule has 1 fully saturated rings. The van der Waals surface area contributed by atoms with Crippen LogP contribution in [0.15, 0.2) is 0 Å². The van der Waals surface area contributed by atoms with Gasteiger partial charge in [0.15, 0.2) is 0 Å². The Bertz CT molecular complexity index is 208. The van der Waals surface area contributed by atoms with Crippen molar-refractivity contribution in [3.8, 4) is 0 Å². The van der Waals surface area contributed by atoms with E-state index in [0.717, 1.165) is 19.3 Å². The number of carbonyl (C=O) groups is 1. The Labute approximate surface area is 97.8 Å². The van der Waals surface area contributed by atoms with Gasteiger partial charge in [-0.25, -0.2) is 0 Å². The van der Waals surface area contributed by atoms with Crippen LogP contribution in [0, 0.1) is 11.8 Å². The first-order valence-electron chi connectivity index (χ1n) is 6.02. The minimum atomic E-state index is 0.200. The van der Waals surface area contributed by atoms with E-state index < -0.39 is 0 Å². The van der Waals surface area contributed by atoms with Crippen molar-refractivity contribution in [2.75, 3.05) is 5.88 Å². The summed E-state index contributed by atoms with van der Waals surface area (Å²) in [4.78, 5) is 11.7. The molecule has 0 aromatic carbocycles. The van der Waals surface area contributed by atoms with Gasteiger partial charge in [0.25, 0.3) is 0 Å². The highest BCUT2D eigenvalue weighted by atomic mass is 35.5. The van der Waals surface area contributed by atoms with Crippen molar-refractivity contribution in [3.63, 3.8) is 0 Å². The first-order valence-corrected chi connectivity index (χ1v) is 6.56. The lowest BCUT2D eigenvalue weighted by Crippen LogP contribution is -2.38. The fraction of sp³-hybridized carbons (Fsp3) is 0.917. The summed E-state index contributed by atoms with van der Waals surface area (Å²) in [5, 5.41) is 3.12. The van der Waals surface area contributed by atoms with E-state index >= 15 is 0 Å². The number of alkyl halides is 1. The zero-order chi connectivity index (χ0) is 11.3. The van der Waals surface area contributed by atoms with Crippen molar-refractivity contribution in [1.29, 1.82) is 0 Å². The maximum absolute atomic E-state index is 11.7. The van der Waals surface area contributed by atoms with Gasteiger partial charge in [0.05, 0.1) is 0 Å².